The number of piperidine rings is 1. The van der Waals surface area contributed by atoms with E-state index in [1.807, 2.05) is 23.1 Å². The summed E-state index contributed by atoms with van der Waals surface area (Å²) < 4.78 is 33.9. The van der Waals surface area contributed by atoms with Crippen LogP contribution in [-0.2, 0) is 26.0 Å². The van der Waals surface area contributed by atoms with Crippen LogP contribution >= 0.6 is 0 Å². The largest absolute Gasteiger partial charge is 0.479 e. The Morgan fingerprint density at radius 2 is 1.85 bits per heavy atom. The lowest BCUT2D eigenvalue weighted by atomic mass is 9.96. The van der Waals surface area contributed by atoms with E-state index in [-0.39, 0.29) is 22.6 Å². The zero-order valence-corrected chi connectivity index (χ0v) is 19.5. The number of hydrogen-bond acceptors (Lipinski definition) is 5. The molecule has 0 bridgehead atoms. The smallest absolute Gasteiger partial charge is 0.265 e. The first kappa shape index (κ1) is 21.9. The number of aryl methyl sites for hydroxylation is 1. The van der Waals surface area contributed by atoms with Crippen molar-refractivity contribution >= 4 is 33.2 Å². The molecular formula is C24H27N3O5S. The number of rotatable bonds is 3. The van der Waals surface area contributed by atoms with E-state index in [1.54, 1.807) is 19.9 Å². The van der Waals surface area contributed by atoms with Crippen LogP contribution in [0.4, 0.5) is 11.4 Å². The number of fused-ring (bicyclic) bond motifs is 2. The maximum atomic E-state index is 13.4. The number of hydrogen-bond donors (Lipinski definition) is 1. The molecule has 0 radical (unpaired) electrons. The van der Waals surface area contributed by atoms with Crippen LogP contribution in [0.5, 0.6) is 5.75 Å². The number of carbonyl (C=O) groups excluding carboxylic acids is 2. The minimum Gasteiger partial charge on any atom is -0.479 e. The highest BCUT2D eigenvalue weighted by molar-refractivity contribution is 7.89. The number of nitrogens with zero attached hydrogens (tertiary/aromatic N) is 2. The van der Waals surface area contributed by atoms with Gasteiger partial charge in [-0.1, -0.05) is 18.2 Å². The Labute approximate surface area is 193 Å². The fraction of sp³-hybridized carbons (Fsp3) is 0.417. The Kier molecular flexibility index (Phi) is 5.41. The van der Waals surface area contributed by atoms with E-state index in [2.05, 4.69) is 11.4 Å². The number of nitrogens with one attached hydrogen (secondary N) is 1. The average molecular weight is 470 g/mol. The van der Waals surface area contributed by atoms with Gasteiger partial charge in [0.25, 0.3) is 5.91 Å². The summed E-state index contributed by atoms with van der Waals surface area (Å²) in [6.07, 6.45) is 1.15. The van der Waals surface area contributed by atoms with Crippen molar-refractivity contribution in [3.63, 3.8) is 0 Å². The van der Waals surface area contributed by atoms with Gasteiger partial charge in [-0.3, -0.25) is 9.59 Å². The van der Waals surface area contributed by atoms with Crippen LogP contribution in [0.3, 0.4) is 0 Å². The lowest BCUT2D eigenvalue weighted by molar-refractivity contribution is -0.123. The molecule has 174 valence electrons. The second-order valence-electron chi connectivity index (χ2n) is 8.91. The van der Waals surface area contributed by atoms with Crippen LogP contribution in [0.2, 0.25) is 0 Å². The first-order chi connectivity index (χ1) is 15.8. The molecule has 0 unspecified atom stereocenters. The Bertz CT molecular complexity index is 1230. The van der Waals surface area contributed by atoms with Gasteiger partial charge in [0.15, 0.2) is 6.10 Å². The monoisotopic (exact) mass is 469 g/mol. The summed E-state index contributed by atoms with van der Waals surface area (Å²) >= 11 is 0. The van der Waals surface area contributed by atoms with Gasteiger partial charge in [-0.2, -0.15) is 4.31 Å². The Balaban J connectivity index is 1.31. The molecule has 1 saturated heterocycles. The maximum Gasteiger partial charge on any atom is 0.265 e. The topological polar surface area (TPSA) is 96.0 Å². The van der Waals surface area contributed by atoms with E-state index in [0.29, 0.717) is 49.5 Å². The Morgan fingerprint density at radius 3 is 2.61 bits per heavy atom. The van der Waals surface area contributed by atoms with E-state index in [1.165, 1.54) is 15.9 Å². The molecule has 2 aromatic carbocycles. The first-order valence-corrected chi connectivity index (χ1v) is 12.7. The number of para-hydroxylation sites is 1. The number of benzene rings is 2. The standard InChI is InChI=1S/C24H27N3O5S/c1-15-13-19-21(32-16(2)23(28)25-19)14-22(15)33(30,31)26-10-7-18(8-11-26)24(29)27-12-9-17-5-3-4-6-20(17)27/h3-6,13-14,16,18H,7-12H2,1-2H3,(H,25,28)/t16-/m1/s1. The molecule has 2 amide bonds. The molecule has 0 aliphatic carbocycles. The predicted molar refractivity (Wildman–Crippen MR) is 124 cm³/mol. The quantitative estimate of drug-likeness (QED) is 0.746. The van der Waals surface area contributed by atoms with Crippen LogP contribution in [0.25, 0.3) is 0 Å². The normalized spacial score (nSPS) is 21.2. The summed E-state index contributed by atoms with van der Waals surface area (Å²) in [6.45, 7) is 4.59. The minimum absolute atomic E-state index is 0.0834. The molecule has 3 aliphatic heterocycles. The third kappa shape index (κ3) is 3.79. The van der Waals surface area contributed by atoms with Crippen molar-refractivity contribution in [2.45, 2.75) is 44.1 Å². The molecule has 0 saturated carbocycles. The highest BCUT2D eigenvalue weighted by Crippen LogP contribution is 2.37. The van der Waals surface area contributed by atoms with Crippen LogP contribution < -0.4 is 15.0 Å². The average Bonchev–Trinajstić information content (AvgIpc) is 3.23. The molecular weight excluding hydrogens is 442 g/mol. The van der Waals surface area contributed by atoms with Gasteiger partial charge >= 0.3 is 0 Å². The van der Waals surface area contributed by atoms with Gasteiger partial charge in [0.2, 0.25) is 15.9 Å². The number of ether oxygens (including phenoxy) is 1. The van der Waals surface area contributed by atoms with Crippen molar-refractivity contribution in [1.82, 2.24) is 4.31 Å². The van der Waals surface area contributed by atoms with Gasteiger partial charge in [0, 0.05) is 37.3 Å². The third-order valence-electron chi connectivity index (χ3n) is 6.78. The molecule has 0 aromatic heterocycles. The SMILES string of the molecule is Cc1cc2c(cc1S(=O)(=O)N1CCC(C(=O)N3CCc4ccccc43)CC1)O[C@H](C)C(=O)N2. The molecule has 5 rings (SSSR count). The molecule has 3 aliphatic rings. The number of amides is 2. The van der Waals surface area contributed by atoms with Crippen LogP contribution in [0.15, 0.2) is 41.3 Å². The molecule has 9 heteroatoms. The van der Waals surface area contributed by atoms with E-state index >= 15 is 0 Å². The number of sulfonamides is 1. The molecule has 1 N–H and O–H groups in total. The summed E-state index contributed by atoms with van der Waals surface area (Å²) in [4.78, 5) is 27.0. The van der Waals surface area contributed by atoms with Crippen molar-refractivity contribution in [2.24, 2.45) is 5.92 Å². The van der Waals surface area contributed by atoms with Gasteiger partial charge in [-0.25, -0.2) is 8.42 Å². The summed E-state index contributed by atoms with van der Waals surface area (Å²) in [6, 6.07) is 11.1. The maximum absolute atomic E-state index is 13.4. The van der Waals surface area contributed by atoms with E-state index in [9.17, 15) is 18.0 Å². The van der Waals surface area contributed by atoms with Crippen molar-refractivity contribution in [3.05, 3.63) is 47.5 Å². The van der Waals surface area contributed by atoms with Crippen molar-refractivity contribution in [2.75, 3.05) is 29.9 Å². The molecule has 3 heterocycles. The van der Waals surface area contributed by atoms with Gasteiger partial charge in [-0.15, -0.1) is 0 Å². The third-order valence-corrected chi connectivity index (χ3v) is 8.82. The molecule has 0 spiro atoms. The predicted octanol–water partition coefficient (Wildman–Crippen LogP) is 2.70. The Hall–Kier alpha value is -2.91. The lowest BCUT2D eigenvalue weighted by Gasteiger charge is -2.33. The zero-order valence-electron chi connectivity index (χ0n) is 18.7. The molecule has 1 atom stereocenters. The first-order valence-electron chi connectivity index (χ1n) is 11.3. The van der Waals surface area contributed by atoms with E-state index in [0.717, 1.165) is 12.1 Å². The highest BCUT2D eigenvalue weighted by atomic mass is 32.2. The minimum atomic E-state index is -3.76. The fourth-order valence-corrected chi connectivity index (χ4v) is 6.58. The molecule has 33 heavy (non-hydrogen) atoms. The zero-order chi connectivity index (χ0) is 23.3. The van der Waals surface area contributed by atoms with E-state index in [4.69, 9.17) is 4.74 Å². The summed E-state index contributed by atoms with van der Waals surface area (Å²) in [5.74, 6) is -0.0133. The van der Waals surface area contributed by atoms with Gasteiger partial charge in [0.1, 0.15) is 5.75 Å². The van der Waals surface area contributed by atoms with Crippen LogP contribution in [0.1, 0.15) is 30.9 Å². The van der Waals surface area contributed by atoms with Crippen molar-refractivity contribution in [3.8, 4) is 5.75 Å². The van der Waals surface area contributed by atoms with E-state index < -0.39 is 16.1 Å². The Morgan fingerprint density at radius 1 is 1.12 bits per heavy atom. The van der Waals surface area contributed by atoms with Crippen LogP contribution in [0, 0.1) is 12.8 Å². The number of carbonyl (C=O) groups is 2. The van der Waals surface area contributed by atoms with Gasteiger partial charge < -0.3 is 15.0 Å². The highest BCUT2D eigenvalue weighted by Gasteiger charge is 2.37. The molecule has 1 fully saturated rings. The van der Waals surface area contributed by atoms with Crippen molar-refractivity contribution < 1.29 is 22.7 Å². The number of anilines is 2. The van der Waals surface area contributed by atoms with Gasteiger partial charge in [0.05, 0.1) is 10.6 Å². The summed E-state index contributed by atoms with van der Waals surface area (Å²) in [7, 11) is -3.76. The second kappa shape index (κ2) is 8.14. The lowest BCUT2D eigenvalue weighted by Crippen LogP contribution is -2.44. The molecule has 8 nitrogen and oxygen atoms in total. The summed E-state index contributed by atoms with van der Waals surface area (Å²) in [5, 5.41) is 2.75. The second-order valence-corrected chi connectivity index (χ2v) is 10.8. The molecule has 2 aromatic rings. The summed E-state index contributed by atoms with van der Waals surface area (Å²) in [5.41, 5.74) is 3.17. The van der Waals surface area contributed by atoms with Crippen LogP contribution in [-0.4, -0.2) is 50.3 Å². The van der Waals surface area contributed by atoms with Crippen molar-refractivity contribution in [1.29, 1.82) is 0 Å². The fourth-order valence-electron chi connectivity index (χ4n) is 4.89. The van der Waals surface area contributed by atoms with Gasteiger partial charge in [-0.05, 0) is 56.4 Å².